The molecule has 0 aromatic heterocycles. The predicted molar refractivity (Wildman–Crippen MR) is 67.8 cm³/mol. The van der Waals surface area contributed by atoms with Crippen molar-refractivity contribution >= 4 is 5.91 Å². The van der Waals surface area contributed by atoms with Gasteiger partial charge in [0, 0.05) is 12.6 Å². The Bertz CT molecular complexity index is 349. The quantitative estimate of drug-likeness (QED) is 0.788. The number of rotatable bonds is 6. The Hall–Kier alpha value is -1.55. The Labute approximate surface area is 102 Å². The van der Waals surface area contributed by atoms with Crippen LogP contribution < -0.4 is 15.8 Å². The van der Waals surface area contributed by atoms with Crippen molar-refractivity contribution in [1.82, 2.24) is 5.32 Å². The minimum atomic E-state index is -0.109. The Morgan fingerprint density at radius 2 is 2.00 bits per heavy atom. The standard InChI is InChI=1S/C13H20N2O2/c1-3-12(14)10-5-7-11(8-6-10)17-9-13(16)15-4-2/h5-8,12H,3-4,9,14H2,1-2H3,(H,15,16). The van der Waals surface area contributed by atoms with E-state index in [4.69, 9.17) is 10.5 Å². The molecule has 1 rings (SSSR count). The van der Waals surface area contributed by atoms with Gasteiger partial charge in [-0.3, -0.25) is 4.79 Å². The van der Waals surface area contributed by atoms with Crippen LogP contribution in [0.4, 0.5) is 0 Å². The molecule has 0 radical (unpaired) electrons. The van der Waals surface area contributed by atoms with Crippen LogP contribution in [0.15, 0.2) is 24.3 Å². The third kappa shape index (κ3) is 4.44. The highest BCUT2D eigenvalue weighted by atomic mass is 16.5. The number of carbonyl (C=O) groups excluding carboxylic acids is 1. The van der Waals surface area contributed by atoms with Gasteiger partial charge in [-0.15, -0.1) is 0 Å². The van der Waals surface area contributed by atoms with Gasteiger partial charge in [0.25, 0.3) is 5.91 Å². The van der Waals surface area contributed by atoms with Crippen molar-refractivity contribution in [2.75, 3.05) is 13.2 Å². The number of nitrogens with two attached hydrogens (primary N) is 1. The molecule has 0 saturated heterocycles. The van der Waals surface area contributed by atoms with E-state index in [-0.39, 0.29) is 18.6 Å². The van der Waals surface area contributed by atoms with Crippen LogP contribution in [-0.4, -0.2) is 19.1 Å². The lowest BCUT2D eigenvalue weighted by Crippen LogP contribution is -2.28. The van der Waals surface area contributed by atoms with Gasteiger partial charge in [-0.1, -0.05) is 19.1 Å². The van der Waals surface area contributed by atoms with Gasteiger partial charge in [-0.25, -0.2) is 0 Å². The van der Waals surface area contributed by atoms with Crippen molar-refractivity contribution in [1.29, 1.82) is 0 Å². The summed E-state index contributed by atoms with van der Waals surface area (Å²) in [7, 11) is 0. The van der Waals surface area contributed by atoms with E-state index in [0.717, 1.165) is 12.0 Å². The molecule has 4 nitrogen and oxygen atoms in total. The monoisotopic (exact) mass is 236 g/mol. The highest BCUT2D eigenvalue weighted by Gasteiger charge is 2.04. The first-order chi connectivity index (χ1) is 8.17. The molecule has 4 heteroatoms. The van der Waals surface area contributed by atoms with Gasteiger partial charge < -0.3 is 15.8 Å². The molecule has 17 heavy (non-hydrogen) atoms. The predicted octanol–water partition coefficient (Wildman–Crippen LogP) is 1.61. The Kier molecular flexibility index (Phi) is 5.49. The van der Waals surface area contributed by atoms with Gasteiger partial charge in [0.15, 0.2) is 6.61 Å². The summed E-state index contributed by atoms with van der Waals surface area (Å²) >= 11 is 0. The molecule has 0 aliphatic rings. The van der Waals surface area contributed by atoms with E-state index in [1.165, 1.54) is 0 Å². The van der Waals surface area contributed by atoms with Crippen LogP contribution >= 0.6 is 0 Å². The van der Waals surface area contributed by atoms with Gasteiger partial charge in [-0.05, 0) is 31.0 Å². The number of amides is 1. The summed E-state index contributed by atoms with van der Waals surface area (Å²) in [5.41, 5.74) is 6.98. The summed E-state index contributed by atoms with van der Waals surface area (Å²) in [5.74, 6) is 0.574. The molecule has 3 N–H and O–H groups in total. The van der Waals surface area contributed by atoms with Crippen LogP contribution in [0.3, 0.4) is 0 Å². The summed E-state index contributed by atoms with van der Waals surface area (Å²) in [6, 6.07) is 7.60. The molecule has 0 aliphatic heterocycles. The van der Waals surface area contributed by atoms with E-state index in [1.807, 2.05) is 38.1 Å². The minimum absolute atomic E-state index is 0.0486. The molecule has 1 aromatic rings. The molecule has 0 saturated carbocycles. The Morgan fingerprint density at radius 3 is 2.53 bits per heavy atom. The van der Waals surface area contributed by atoms with Crippen molar-refractivity contribution in [3.63, 3.8) is 0 Å². The van der Waals surface area contributed by atoms with Crippen LogP contribution in [0, 0.1) is 0 Å². The second-order valence-corrected chi connectivity index (χ2v) is 3.83. The van der Waals surface area contributed by atoms with Crippen LogP contribution in [0.25, 0.3) is 0 Å². The summed E-state index contributed by atoms with van der Waals surface area (Å²) in [6.07, 6.45) is 0.902. The molecule has 1 atom stereocenters. The van der Waals surface area contributed by atoms with Crippen molar-refractivity contribution in [2.45, 2.75) is 26.3 Å². The number of carbonyl (C=O) groups is 1. The normalized spacial score (nSPS) is 11.9. The second-order valence-electron chi connectivity index (χ2n) is 3.83. The van der Waals surface area contributed by atoms with E-state index in [0.29, 0.717) is 12.3 Å². The molecule has 0 heterocycles. The van der Waals surface area contributed by atoms with Crippen molar-refractivity contribution in [2.24, 2.45) is 5.73 Å². The van der Waals surface area contributed by atoms with Gasteiger partial charge in [-0.2, -0.15) is 0 Å². The van der Waals surface area contributed by atoms with Crippen molar-refractivity contribution < 1.29 is 9.53 Å². The smallest absolute Gasteiger partial charge is 0.257 e. The number of ether oxygens (including phenoxy) is 1. The average molecular weight is 236 g/mol. The zero-order valence-electron chi connectivity index (χ0n) is 10.4. The SMILES string of the molecule is CCNC(=O)COc1ccc(C(N)CC)cc1. The van der Waals surface area contributed by atoms with Gasteiger partial charge >= 0.3 is 0 Å². The molecule has 1 unspecified atom stereocenters. The highest BCUT2D eigenvalue weighted by molar-refractivity contribution is 5.77. The lowest BCUT2D eigenvalue weighted by molar-refractivity contribution is -0.122. The van der Waals surface area contributed by atoms with Crippen LogP contribution in [0.5, 0.6) is 5.75 Å². The van der Waals surface area contributed by atoms with Crippen LogP contribution in [0.2, 0.25) is 0 Å². The number of benzene rings is 1. The lowest BCUT2D eigenvalue weighted by atomic mass is 10.1. The molecular weight excluding hydrogens is 216 g/mol. The molecule has 1 aromatic carbocycles. The van der Waals surface area contributed by atoms with Crippen LogP contribution in [0.1, 0.15) is 31.9 Å². The number of hydrogen-bond donors (Lipinski definition) is 2. The summed E-state index contributed by atoms with van der Waals surface area (Å²) in [5, 5.41) is 2.67. The van der Waals surface area contributed by atoms with Gasteiger partial charge in [0.05, 0.1) is 0 Å². The Balaban J connectivity index is 2.48. The number of likely N-dealkylation sites (N-methyl/N-ethyl adjacent to an activating group) is 1. The molecule has 0 spiro atoms. The zero-order chi connectivity index (χ0) is 12.7. The van der Waals surface area contributed by atoms with Crippen molar-refractivity contribution in [3.05, 3.63) is 29.8 Å². The highest BCUT2D eigenvalue weighted by Crippen LogP contribution is 2.18. The summed E-state index contributed by atoms with van der Waals surface area (Å²) in [4.78, 5) is 11.2. The largest absolute Gasteiger partial charge is 0.484 e. The second kappa shape index (κ2) is 6.91. The third-order valence-corrected chi connectivity index (χ3v) is 2.49. The first-order valence-corrected chi connectivity index (χ1v) is 5.92. The minimum Gasteiger partial charge on any atom is -0.484 e. The number of nitrogens with one attached hydrogen (secondary N) is 1. The fourth-order valence-electron chi connectivity index (χ4n) is 1.44. The van der Waals surface area contributed by atoms with E-state index in [9.17, 15) is 4.79 Å². The van der Waals surface area contributed by atoms with Crippen molar-refractivity contribution in [3.8, 4) is 5.75 Å². The molecule has 94 valence electrons. The fraction of sp³-hybridized carbons (Fsp3) is 0.462. The molecular formula is C13H20N2O2. The first-order valence-electron chi connectivity index (χ1n) is 5.92. The molecule has 0 bridgehead atoms. The third-order valence-electron chi connectivity index (χ3n) is 2.49. The molecule has 0 aliphatic carbocycles. The molecule has 0 fully saturated rings. The van der Waals surface area contributed by atoms with Crippen LogP contribution in [-0.2, 0) is 4.79 Å². The van der Waals surface area contributed by atoms with Gasteiger partial charge in [0.1, 0.15) is 5.75 Å². The van der Waals surface area contributed by atoms with E-state index in [1.54, 1.807) is 0 Å². The number of hydrogen-bond acceptors (Lipinski definition) is 3. The van der Waals surface area contributed by atoms with E-state index in [2.05, 4.69) is 5.32 Å². The maximum Gasteiger partial charge on any atom is 0.257 e. The lowest BCUT2D eigenvalue weighted by Gasteiger charge is -2.10. The summed E-state index contributed by atoms with van der Waals surface area (Å²) < 4.78 is 5.34. The van der Waals surface area contributed by atoms with Gasteiger partial charge in [0.2, 0.25) is 0 Å². The van der Waals surface area contributed by atoms with E-state index >= 15 is 0 Å². The van der Waals surface area contributed by atoms with E-state index < -0.39 is 0 Å². The topological polar surface area (TPSA) is 64.3 Å². The molecule has 1 amide bonds. The first kappa shape index (κ1) is 13.5. The average Bonchev–Trinajstić information content (AvgIpc) is 2.36. The fourth-order valence-corrected chi connectivity index (χ4v) is 1.44. The maximum atomic E-state index is 11.2. The maximum absolute atomic E-state index is 11.2. The summed E-state index contributed by atoms with van der Waals surface area (Å²) in [6.45, 7) is 4.59. The Morgan fingerprint density at radius 1 is 1.35 bits per heavy atom. The zero-order valence-corrected chi connectivity index (χ0v) is 10.4.